The first-order valence-electron chi connectivity index (χ1n) is 5.03. The molecule has 1 aromatic rings. The third kappa shape index (κ3) is 1.90. The van der Waals surface area contributed by atoms with Crippen LogP contribution in [-0.4, -0.2) is 26.0 Å². The van der Waals surface area contributed by atoms with Crippen LogP contribution in [0.3, 0.4) is 0 Å². The minimum atomic E-state index is -0.719. The van der Waals surface area contributed by atoms with E-state index in [1.54, 1.807) is 0 Å². The van der Waals surface area contributed by atoms with Gasteiger partial charge in [0.25, 0.3) is 0 Å². The molecule has 1 aliphatic heterocycles. The van der Waals surface area contributed by atoms with Crippen molar-refractivity contribution >= 4 is 11.6 Å². The van der Waals surface area contributed by atoms with Crippen LogP contribution in [0.15, 0.2) is 18.2 Å². The van der Waals surface area contributed by atoms with Gasteiger partial charge in [-0.15, -0.1) is 0 Å². The van der Waals surface area contributed by atoms with Crippen LogP contribution in [0.5, 0.6) is 0 Å². The molecule has 1 aromatic carbocycles. The highest BCUT2D eigenvalue weighted by Crippen LogP contribution is 2.21. The van der Waals surface area contributed by atoms with Crippen LogP contribution in [-0.2, 0) is 4.79 Å². The summed E-state index contributed by atoms with van der Waals surface area (Å²) in [4.78, 5) is 13.0. The number of nitrogens with one attached hydrogen (secondary N) is 1. The van der Waals surface area contributed by atoms with Gasteiger partial charge in [-0.1, -0.05) is 0 Å². The number of halogens is 2. The first-order chi connectivity index (χ1) is 7.59. The van der Waals surface area contributed by atoms with Gasteiger partial charge in [-0.3, -0.25) is 4.79 Å². The first kappa shape index (κ1) is 11.0. The lowest BCUT2D eigenvalue weighted by Crippen LogP contribution is -2.51. The molecule has 0 bridgehead atoms. The van der Waals surface area contributed by atoms with Crippen LogP contribution in [0.1, 0.15) is 0 Å². The summed E-state index contributed by atoms with van der Waals surface area (Å²) in [5, 5.41) is 2.97. The zero-order chi connectivity index (χ0) is 11.7. The number of carbonyl (C=O) groups is 1. The van der Waals surface area contributed by atoms with Crippen LogP contribution in [0.2, 0.25) is 0 Å². The Kier molecular flexibility index (Phi) is 2.87. The lowest BCUT2D eigenvalue weighted by molar-refractivity contribution is -0.123. The van der Waals surface area contributed by atoms with E-state index in [1.165, 1.54) is 18.0 Å². The van der Waals surface area contributed by atoms with Crippen LogP contribution < -0.4 is 10.2 Å². The van der Waals surface area contributed by atoms with Gasteiger partial charge >= 0.3 is 0 Å². The smallest absolute Gasteiger partial charge is 0.232 e. The standard InChI is InChI=1S/C11H12F2N2O/c1-15(11(16)7-5-14-6-7)10-3-2-8(12)4-9(10)13/h2-4,7,14H,5-6H2,1H3. The Hall–Kier alpha value is -1.49. The second-order valence-corrected chi connectivity index (χ2v) is 3.85. The third-order valence-electron chi connectivity index (χ3n) is 2.73. The van der Waals surface area contributed by atoms with E-state index in [1.807, 2.05) is 0 Å². The van der Waals surface area contributed by atoms with Crippen molar-refractivity contribution < 1.29 is 13.6 Å². The third-order valence-corrected chi connectivity index (χ3v) is 2.73. The highest BCUT2D eigenvalue weighted by atomic mass is 19.1. The van der Waals surface area contributed by atoms with E-state index in [2.05, 4.69) is 5.32 Å². The molecule has 2 rings (SSSR count). The van der Waals surface area contributed by atoms with Crippen LogP contribution >= 0.6 is 0 Å². The second-order valence-electron chi connectivity index (χ2n) is 3.85. The predicted molar refractivity (Wildman–Crippen MR) is 56.1 cm³/mol. The molecule has 5 heteroatoms. The molecule has 0 aliphatic carbocycles. The van der Waals surface area contributed by atoms with Gasteiger partial charge in [-0.25, -0.2) is 8.78 Å². The lowest BCUT2D eigenvalue weighted by atomic mass is 10.0. The Bertz CT molecular complexity index is 418. The minimum absolute atomic E-state index is 0.102. The maximum Gasteiger partial charge on any atom is 0.232 e. The number of rotatable bonds is 2. The molecule has 0 atom stereocenters. The monoisotopic (exact) mass is 226 g/mol. The van der Waals surface area contributed by atoms with Crippen molar-refractivity contribution in [1.29, 1.82) is 0 Å². The zero-order valence-electron chi connectivity index (χ0n) is 8.84. The number of hydrogen-bond acceptors (Lipinski definition) is 2. The Morgan fingerprint density at radius 1 is 1.44 bits per heavy atom. The summed E-state index contributed by atoms with van der Waals surface area (Å²) in [5.41, 5.74) is 0.110. The minimum Gasteiger partial charge on any atom is -0.315 e. The van der Waals surface area contributed by atoms with E-state index >= 15 is 0 Å². The molecule has 0 radical (unpaired) electrons. The fourth-order valence-electron chi connectivity index (χ4n) is 1.61. The number of hydrogen-bond donors (Lipinski definition) is 1. The molecule has 1 heterocycles. The van der Waals surface area contributed by atoms with Crippen molar-refractivity contribution in [2.24, 2.45) is 5.92 Å². The normalized spacial score (nSPS) is 15.7. The molecule has 1 N–H and O–H groups in total. The predicted octanol–water partition coefficient (Wildman–Crippen LogP) is 1.15. The first-order valence-corrected chi connectivity index (χ1v) is 5.03. The highest BCUT2D eigenvalue weighted by Gasteiger charge is 2.29. The molecule has 1 fully saturated rings. The van der Waals surface area contributed by atoms with E-state index in [9.17, 15) is 13.6 Å². The fourth-order valence-corrected chi connectivity index (χ4v) is 1.61. The Morgan fingerprint density at radius 3 is 2.62 bits per heavy atom. The number of amides is 1. The number of nitrogens with zero attached hydrogens (tertiary/aromatic N) is 1. The molecule has 86 valence electrons. The van der Waals surface area contributed by atoms with E-state index in [-0.39, 0.29) is 17.5 Å². The van der Waals surface area contributed by atoms with E-state index in [4.69, 9.17) is 0 Å². The molecule has 0 aromatic heterocycles. The van der Waals surface area contributed by atoms with Crippen molar-refractivity contribution in [2.75, 3.05) is 25.0 Å². The summed E-state index contributed by atoms with van der Waals surface area (Å²) in [5.74, 6) is -1.62. The Balaban J connectivity index is 2.19. The molecule has 3 nitrogen and oxygen atoms in total. The van der Waals surface area contributed by atoms with Gasteiger partial charge in [0.2, 0.25) is 5.91 Å². The van der Waals surface area contributed by atoms with Crippen LogP contribution in [0.25, 0.3) is 0 Å². The number of carbonyl (C=O) groups excluding carboxylic acids is 1. The van der Waals surface area contributed by atoms with Gasteiger partial charge in [-0.2, -0.15) is 0 Å². The van der Waals surface area contributed by atoms with Gasteiger partial charge < -0.3 is 10.2 Å². The molecule has 1 amide bonds. The maximum absolute atomic E-state index is 13.4. The number of benzene rings is 1. The summed E-state index contributed by atoms with van der Waals surface area (Å²) in [6.07, 6.45) is 0. The molecule has 0 spiro atoms. The van der Waals surface area contributed by atoms with Gasteiger partial charge in [0, 0.05) is 26.2 Å². The average Bonchev–Trinajstić information content (AvgIpc) is 2.14. The zero-order valence-corrected chi connectivity index (χ0v) is 8.84. The van der Waals surface area contributed by atoms with Gasteiger partial charge in [-0.05, 0) is 12.1 Å². The summed E-state index contributed by atoms with van der Waals surface area (Å²) in [6.45, 7) is 1.23. The lowest BCUT2D eigenvalue weighted by Gasteiger charge is -2.30. The summed E-state index contributed by atoms with van der Waals surface area (Å²) < 4.78 is 26.1. The molecular formula is C11H12F2N2O. The van der Waals surface area contributed by atoms with Crippen molar-refractivity contribution in [3.05, 3.63) is 29.8 Å². The van der Waals surface area contributed by atoms with Gasteiger partial charge in [0.15, 0.2) is 0 Å². The number of anilines is 1. The van der Waals surface area contributed by atoms with Gasteiger partial charge in [0.05, 0.1) is 11.6 Å². The highest BCUT2D eigenvalue weighted by molar-refractivity contribution is 5.95. The molecule has 1 aliphatic rings. The molecule has 0 unspecified atom stereocenters. The van der Waals surface area contributed by atoms with Gasteiger partial charge in [0.1, 0.15) is 11.6 Å². The van der Waals surface area contributed by atoms with E-state index in [0.717, 1.165) is 12.1 Å². The van der Waals surface area contributed by atoms with Crippen LogP contribution in [0, 0.1) is 17.6 Å². The molecule has 16 heavy (non-hydrogen) atoms. The summed E-state index contributed by atoms with van der Waals surface area (Å²) >= 11 is 0. The second kappa shape index (κ2) is 4.17. The van der Waals surface area contributed by atoms with Crippen molar-refractivity contribution in [3.8, 4) is 0 Å². The van der Waals surface area contributed by atoms with E-state index in [0.29, 0.717) is 13.1 Å². The Morgan fingerprint density at radius 2 is 2.12 bits per heavy atom. The van der Waals surface area contributed by atoms with E-state index < -0.39 is 11.6 Å². The maximum atomic E-state index is 13.4. The molecule has 0 saturated carbocycles. The molecule has 1 saturated heterocycles. The van der Waals surface area contributed by atoms with Crippen LogP contribution in [0.4, 0.5) is 14.5 Å². The van der Waals surface area contributed by atoms with Crippen molar-refractivity contribution in [1.82, 2.24) is 5.32 Å². The summed E-state index contributed by atoms with van der Waals surface area (Å²) in [6, 6.07) is 3.19. The van der Waals surface area contributed by atoms with Crippen molar-refractivity contribution in [3.63, 3.8) is 0 Å². The quantitative estimate of drug-likeness (QED) is 0.820. The Labute approximate surface area is 92.1 Å². The topological polar surface area (TPSA) is 32.3 Å². The fraction of sp³-hybridized carbons (Fsp3) is 0.364. The average molecular weight is 226 g/mol. The summed E-state index contributed by atoms with van der Waals surface area (Å²) in [7, 11) is 1.50. The largest absolute Gasteiger partial charge is 0.315 e. The van der Waals surface area contributed by atoms with Crippen molar-refractivity contribution in [2.45, 2.75) is 0 Å². The SMILES string of the molecule is CN(C(=O)C1CNC1)c1ccc(F)cc1F. The molecular weight excluding hydrogens is 214 g/mol.